The summed E-state index contributed by atoms with van der Waals surface area (Å²) in [5.74, 6) is 1.69. The lowest BCUT2D eigenvalue weighted by atomic mass is 9.87. The number of hydrogen-bond donors (Lipinski definition) is 1. The van der Waals surface area contributed by atoms with E-state index in [9.17, 15) is 4.79 Å². The second-order valence-corrected chi connectivity index (χ2v) is 9.14. The first kappa shape index (κ1) is 20.7. The monoisotopic (exact) mass is 451 g/mol. The third kappa shape index (κ3) is 3.56. The van der Waals surface area contributed by atoms with Crippen LogP contribution < -0.4 is 14.8 Å². The number of amides is 1. The minimum absolute atomic E-state index is 0.162. The molecule has 5 rings (SSSR count). The van der Waals surface area contributed by atoms with Crippen LogP contribution >= 0.6 is 11.3 Å². The fourth-order valence-corrected chi connectivity index (χ4v) is 5.71. The molecule has 0 radical (unpaired) electrons. The maximum atomic E-state index is 12.7. The summed E-state index contributed by atoms with van der Waals surface area (Å²) in [5, 5.41) is 8.36. The maximum Gasteiger partial charge on any atom is 0.291 e. The first-order valence-corrected chi connectivity index (χ1v) is 11.6. The molecule has 8 nitrogen and oxygen atoms in total. The highest BCUT2D eigenvalue weighted by atomic mass is 32.1. The molecule has 1 amide bonds. The fraction of sp³-hybridized carbons (Fsp3) is 0.391. The number of fused-ring (bicyclic) bond motifs is 5. The topological polar surface area (TPSA) is 90.6 Å². The quantitative estimate of drug-likeness (QED) is 0.480. The van der Waals surface area contributed by atoms with Gasteiger partial charge in [0.15, 0.2) is 17.1 Å². The van der Waals surface area contributed by atoms with E-state index in [0.717, 1.165) is 28.6 Å². The van der Waals surface area contributed by atoms with E-state index in [0.29, 0.717) is 36.0 Å². The van der Waals surface area contributed by atoms with E-state index in [-0.39, 0.29) is 11.7 Å². The molecule has 0 aliphatic heterocycles. The van der Waals surface area contributed by atoms with Crippen LogP contribution in [0.2, 0.25) is 0 Å². The number of aryl methyl sites for hydroxylation is 1. The van der Waals surface area contributed by atoms with Crippen LogP contribution in [0.3, 0.4) is 0 Å². The van der Waals surface area contributed by atoms with Gasteiger partial charge in [-0.25, -0.2) is 14.5 Å². The summed E-state index contributed by atoms with van der Waals surface area (Å²) in [4.78, 5) is 24.3. The van der Waals surface area contributed by atoms with Gasteiger partial charge in [0.05, 0.1) is 19.6 Å². The number of ether oxygens (including phenoxy) is 2. The van der Waals surface area contributed by atoms with E-state index in [1.807, 2.05) is 18.2 Å². The minimum Gasteiger partial charge on any atom is -0.493 e. The van der Waals surface area contributed by atoms with Gasteiger partial charge in [-0.05, 0) is 54.9 Å². The summed E-state index contributed by atoms with van der Waals surface area (Å²) in [6.45, 7) is 2.72. The van der Waals surface area contributed by atoms with Crippen LogP contribution in [-0.4, -0.2) is 46.3 Å². The molecule has 0 unspecified atom stereocenters. The molecule has 3 heterocycles. The van der Waals surface area contributed by atoms with Gasteiger partial charge in [-0.2, -0.15) is 0 Å². The molecule has 3 aromatic heterocycles. The number of thiophene rings is 1. The zero-order valence-corrected chi connectivity index (χ0v) is 19.2. The van der Waals surface area contributed by atoms with E-state index < -0.39 is 0 Å². The lowest BCUT2D eigenvalue weighted by molar-refractivity contribution is 0.0944. The Labute approximate surface area is 189 Å². The Morgan fingerprint density at radius 1 is 1.28 bits per heavy atom. The van der Waals surface area contributed by atoms with Crippen molar-refractivity contribution >= 4 is 33.1 Å². The minimum atomic E-state index is -0.292. The number of nitrogens with zero attached hydrogens (tertiary/aromatic N) is 4. The summed E-state index contributed by atoms with van der Waals surface area (Å²) in [6.07, 6.45) is 5.76. The molecule has 0 saturated carbocycles. The third-order valence-electron chi connectivity index (χ3n) is 6.03. The molecule has 1 N–H and O–H groups in total. The average Bonchev–Trinajstić information content (AvgIpc) is 3.40. The number of carbonyl (C=O) groups excluding carboxylic acids is 1. The Hall–Kier alpha value is -3.20. The smallest absolute Gasteiger partial charge is 0.291 e. The van der Waals surface area contributed by atoms with Crippen LogP contribution in [0, 0.1) is 0 Å². The number of aromatic nitrogens is 4. The lowest BCUT2D eigenvalue weighted by Crippen LogP contribution is -2.26. The molecule has 0 bridgehead atoms. The molecule has 0 saturated heterocycles. The molecule has 9 heteroatoms. The van der Waals surface area contributed by atoms with Crippen molar-refractivity contribution in [2.75, 3.05) is 20.8 Å². The second kappa shape index (κ2) is 8.38. The van der Waals surface area contributed by atoms with Crippen molar-refractivity contribution in [2.45, 2.75) is 38.5 Å². The highest BCUT2D eigenvalue weighted by molar-refractivity contribution is 7.19. The summed E-state index contributed by atoms with van der Waals surface area (Å²) >= 11 is 1.74. The number of hydrogen-bond acceptors (Lipinski definition) is 7. The number of benzene rings is 1. The zero-order chi connectivity index (χ0) is 22.2. The first-order valence-electron chi connectivity index (χ1n) is 10.7. The molecule has 1 aliphatic carbocycles. The number of carbonyl (C=O) groups is 1. The molecule has 0 fully saturated rings. The number of nitrogens with one attached hydrogen (secondary N) is 1. The Balaban J connectivity index is 1.35. The normalized spacial score (nSPS) is 15.7. The summed E-state index contributed by atoms with van der Waals surface area (Å²) in [7, 11) is 3.21. The van der Waals surface area contributed by atoms with Gasteiger partial charge in [-0.15, -0.1) is 16.4 Å². The van der Waals surface area contributed by atoms with Gasteiger partial charge in [0.1, 0.15) is 11.2 Å². The van der Waals surface area contributed by atoms with Crippen LogP contribution in [0.4, 0.5) is 0 Å². The molecular formula is C23H25N5O3S. The predicted octanol–water partition coefficient (Wildman–Crippen LogP) is 3.77. The molecular weight excluding hydrogens is 426 g/mol. The summed E-state index contributed by atoms with van der Waals surface area (Å²) < 4.78 is 12.2. The molecule has 32 heavy (non-hydrogen) atoms. The van der Waals surface area contributed by atoms with Gasteiger partial charge in [0, 0.05) is 11.4 Å². The van der Waals surface area contributed by atoms with Crippen molar-refractivity contribution in [3.63, 3.8) is 0 Å². The molecule has 4 aromatic rings. The standard InChI is InChI=1S/C23H25N5O3S/c1-13-5-4-6-17-18(13)19-21-26-20(27-28(21)12-25-23(19)32-17)22(29)24-10-9-14-7-8-15(30-2)16(11-14)31-3/h7-8,11-13H,4-6,9-10H2,1-3H3,(H,24,29)/t13-/m0/s1. The highest BCUT2D eigenvalue weighted by Gasteiger charge is 2.26. The van der Waals surface area contributed by atoms with E-state index in [1.165, 1.54) is 16.9 Å². The van der Waals surface area contributed by atoms with Crippen molar-refractivity contribution in [2.24, 2.45) is 0 Å². The molecule has 0 spiro atoms. The number of methoxy groups -OCH3 is 2. The van der Waals surface area contributed by atoms with Gasteiger partial charge in [0.25, 0.3) is 5.91 Å². The number of rotatable bonds is 6. The molecule has 166 valence electrons. The van der Waals surface area contributed by atoms with Crippen molar-refractivity contribution in [1.29, 1.82) is 0 Å². The van der Waals surface area contributed by atoms with Gasteiger partial charge in [-0.3, -0.25) is 4.79 Å². The Morgan fingerprint density at radius 3 is 2.94 bits per heavy atom. The van der Waals surface area contributed by atoms with Crippen LogP contribution in [0.25, 0.3) is 15.9 Å². The molecule has 1 atom stereocenters. The first-order chi connectivity index (χ1) is 15.6. The lowest BCUT2D eigenvalue weighted by Gasteiger charge is -2.18. The van der Waals surface area contributed by atoms with Crippen LogP contribution in [-0.2, 0) is 12.8 Å². The van der Waals surface area contributed by atoms with E-state index in [2.05, 4.69) is 27.3 Å². The van der Waals surface area contributed by atoms with E-state index >= 15 is 0 Å². The molecule has 1 aliphatic rings. The average molecular weight is 452 g/mol. The van der Waals surface area contributed by atoms with Gasteiger partial charge < -0.3 is 14.8 Å². The van der Waals surface area contributed by atoms with Crippen molar-refractivity contribution < 1.29 is 14.3 Å². The van der Waals surface area contributed by atoms with Crippen LogP contribution in [0.15, 0.2) is 24.5 Å². The Bertz CT molecular complexity index is 1310. The van der Waals surface area contributed by atoms with Gasteiger partial charge >= 0.3 is 0 Å². The van der Waals surface area contributed by atoms with E-state index in [4.69, 9.17) is 9.47 Å². The van der Waals surface area contributed by atoms with Crippen LogP contribution in [0.1, 0.15) is 52.3 Å². The largest absolute Gasteiger partial charge is 0.493 e. The SMILES string of the molecule is COc1ccc(CCNC(=O)c2nc3c4c5c(sc4ncn3n2)CCC[C@@H]5C)cc1OC. The maximum absolute atomic E-state index is 12.7. The zero-order valence-electron chi connectivity index (χ0n) is 18.3. The highest BCUT2D eigenvalue weighted by Crippen LogP contribution is 2.42. The molecule has 1 aromatic carbocycles. The Kier molecular flexibility index (Phi) is 5.42. The van der Waals surface area contributed by atoms with Crippen molar-refractivity contribution in [3.05, 3.63) is 46.4 Å². The van der Waals surface area contributed by atoms with Gasteiger partial charge in [-0.1, -0.05) is 13.0 Å². The fourth-order valence-electron chi connectivity index (χ4n) is 4.42. The van der Waals surface area contributed by atoms with E-state index in [1.54, 1.807) is 36.4 Å². The summed E-state index contributed by atoms with van der Waals surface area (Å²) in [6, 6.07) is 5.73. The van der Waals surface area contributed by atoms with Crippen molar-refractivity contribution in [1.82, 2.24) is 24.9 Å². The summed E-state index contributed by atoms with van der Waals surface area (Å²) in [5.41, 5.74) is 3.09. The van der Waals surface area contributed by atoms with Crippen molar-refractivity contribution in [3.8, 4) is 11.5 Å². The predicted molar refractivity (Wildman–Crippen MR) is 123 cm³/mol. The second-order valence-electron chi connectivity index (χ2n) is 8.06. The Morgan fingerprint density at radius 2 is 2.12 bits per heavy atom. The van der Waals surface area contributed by atoms with Crippen LogP contribution in [0.5, 0.6) is 11.5 Å². The van der Waals surface area contributed by atoms with Gasteiger partial charge in [0.2, 0.25) is 5.82 Å². The third-order valence-corrected chi connectivity index (χ3v) is 7.20.